The summed E-state index contributed by atoms with van der Waals surface area (Å²) in [7, 11) is 1.84. The molecule has 1 heterocycles. The minimum atomic E-state index is -0.577. The first kappa shape index (κ1) is 16.6. The van der Waals surface area contributed by atoms with Gasteiger partial charge in [-0.25, -0.2) is 9.59 Å². The number of nitrogens with one attached hydrogen (secondary N) is 2. The van der Waals surface area contributed by atoms with Gasteiger partial charge in [0, 0.05) is 35.9 Å². The quantitative estimate of drug-likeness (QED) is 0.705. The van der Waals surface area contributed by atoms with Crippen LogP contribution < -0.4 is 16.3 Å². The van der Waals surface area contributed by atoms with Gasteiger partial charge in [0.05, 0.1) is 0 Å². The van der Waals surface area contributed by atoms with E-state index in [1.54, 1.807) is 18.2 Å². The van der Waals surface area contributed by atoms with Gasteiger partial charge in [0.15, 0.2) is 0 Å². The van der Waals surface area contributed by atoms with Gasteiger partial charge in [0.25, 0.3) is 0 Å². The van der Waals surface area contributed by atoms with Crippen LogP contribution in [-0.4, -0.2) is 13.1 Å². The summed E-state index contributed by atoms with van der Waals surface area (Å²) in [6, 6.07) is 14.1. The zero-order valence-electron chi connectivity index (χ0n) is 14.0. The van der Waals surface area contributed by atoms with Crippen LogP contribution in [0.15, 0.2) is 57.7 Å². The van der Waals surface area contributed by atoms with Crippen molar-refractivity contribution < 1.29 is 13.9 Å². The van der Waals surface area contributed by atoms with Crippen LogP contribution in [0.4, 0.5) is 16.2 Å². The summed E-state index contributed by atoms with van der Waals surface area (Å²) >= 11 is 0. The first-order valence-corrected chi connectivity index (χ1v) is 7.80. The molecule has 25 heavy (non-hydrogen) atoms. The SMILES string of the molecule is CNc1ccc(COC(=O)Nc2ccc3c(C)cc(=O)oc3c2)cc1. The molecule has 0 saturated carbocycles. The molecular formula is C19H18N2O4. The van der Waals surface area contributed by atoms with Crippen molar-refractivity contribution in [1.82, 2.24) is 0 Å². The molecule has 0 radical (unpaired) electrons. The first-order valence-electron chi connectivity index (χ1n) is 7.80. The van der Waals surface area contributed by atoms with Crippen LogP contribution >= 0.6 is 0 Å². The lowest BCUT2D eigenvalue weighted by atomic mass is 10.1. The van der Waals surface area contributed by atoms with Crippen LogP contribution in [-0.2, 0) is 11.3 Å². The Labute approximate surface area is 144 Å². The molecule has 128 valence electrons. The van der Waals surface area contributed by atoms with E-state index >= 15 is 0 Å². The summed E-state index contributed by atoms with van der Waals surface area (Å²) in [4.78, 5) is 23.4. The van der Waals surface area contributed by atoms with E-state index in [-0.39, 0.29) is 6.61 Å². The minimum absolute atomic E-state index is 0.164. The smallest absolute Gasteiger partial charge is 0.411 e. The third kappa shape index (κ3) is 3.98. The van der Waals surface area contributed by atoms with E-state index in [1.165, 1.54) is 6.07 Å². The summed E-state index contributed by atoms with van der Waals surface area (Å²) in [5.41, 5.74) is 3.19. The van der Waals surface area contributed by atoms with Crippen LogP contribution in [0.25, 0.3) is 11.0 Å². The maximum atomic E-state index is 11.9. The molecule has 0 spiro atoms. The van der Waals surface area contributed by atoms with E-state index in [0.717, 1.165) is 22.2 Å². The number of aryl methyl sites for hydroxylation is 1. The van der Waals surface area contributed by atoms with Gasteiger partial charge in [0.1, 0.15) is 12.2 Å². The number of benzene rings is 2. The van der Waals surface area contributed by atoms with Gasteiger partial charge in [0.2, 0.25) is 0 Å². The molecule has 0 fully saturated rings. The standard InChI is InChI=1S/C19H18N2O4/c1-12-9-18(22)25-17-10-15(7-8-16(12)17)21-19(23)24-11-13-3-5-14(20-2)6-4-13/h3-10,20H,11H2,1-2H3,(H,21,23). The van der Waals surface area contributed by atoms with Gasteiger partial charge in [-0.05, 0) is 42.3 Å². The Morgan fingerprint density at radius 2 is 1.80 bits per heavy atom. The Hall–Kier alpha value is -3.28. The predicted molar refractivity (Wildman–Crippen MR) is 97.0 cm³/mol. The van der Waals surface area contributed by atoms with Gasteiger partial charge >= 0.3 is 11.7 Å². The fourth-order valence-corrected chi connectivity index (χ4v) is 2.47. The second kappa shape index (κ2) is 7.09. The lowest BCUT2D eigenvalue weighted by Crippen LogP contribution is -2.13. The van der Waals surface area contributed by atoms with Crippen molar-refractivity contribution in [2.75, 3.05) is 17.7 Å². The van der Waals surface area contributed by atoms with Crippen molar-refractivity contribution in [2.45, 2.75) is 13.5 Å². The molecular weight excluding hydrogens is 320 g/mol. The Balaban J connectivity index is 1.66. The third-order valence-corrected chi connectivity index (χ3v) is 3.81. The van der Waals surface area contributed by atoms with Gasteiger partial charge in [-0.3, -0.25) is 5.32 Å². The van der Waals surface area contributed by atoms with Gasteiger partial charge < -0.3 is 14.5 Å². The second-order valence-corrected chi connectivity index (χ2v) is 5.61. The molecule has 2 aromatic carbocycles. The van der Waals surface area contributed by atoms with Gasteiger partial charge in [-0.1, -0.05) is 12.1 Å². The molecule has 3 rings (SSSR count). The molecule has 0 aliphatic heterocycles. The van der Waals surface area contributed by atoms with Crippen molar-refractivity contribution in [2.24, 2.45) is 0 Å². The number of rotatable bonds is 4. The molecule has 1 amide bonds. The highest BCUT2D eigenvalue weighted by atomic mass is 16.5. The van der Waals surface area contributed by atoms with E-state index in [9.17, 15) is 9.59 Å². The Morgan fingerprint density at radius 1 is 1.08 bits per heavy atom. The predicted octanol–water partition coefficient (Wildman–Crippen LogP) is 3.89. The van der Waals surface area contributed by atoms with Crippen molar-refractivity contribution >= 4 is 28.4 Å². The Bertz CT molecular complexity index is 961. The fourth-order valence-electron chi connectivity index (χ4n) is 2.47. The molecule has 0 atom stereocenters. The Kier molecular flexibility index (Phi) is 4.70. The zero-order chi connectivity index (χ0) is 17.8. The van der Waals surface area contributed by atoms with Crippen LogP contribution in [0.1, 0.15) is 11.1 Å². The normalized spacial score (nSPS) is 10.5. The number of anilines is 2. The number of fused-ring (bicyclic) bond motifs is 1. The van der Waals surface area contributed by atoms with E-state index in [1.807, 2.05) is 38.2 Å². The molecule has 6 heteroatoms. The largest absolute Gasteiger partial charge is 0.444 e. The van der Waals surface area contributed by atoms with Crippen molar-refractivity contribution in [3.05, 3.63) is 70.1 Å². The first-order chi connectivity index (χ1) is 12.0. The van der Waals surface area contributed by atoms with Crippen LogP contribution in [0, 0.1) is 6.92 Å². The van der Waals surface area contributed by atoms with Gasteiger partial charge in [-0.15, -0.1) is 0 Å². The maximum Gasteiger partial charge on any atom is 0.411 e. The summed E-state index contributed by atoms with van der Waals surface area (Å²) in [6.45, 7) is 2.00. The molecule has 3 aromatic rings. The molecule has 1 aromatic heterocycles. The number of amides is 1. The van der Waals surface area contributed by atoms with E-state index in [2.05, 4.69) is 10.6 Å². The van der Waals surface area contributed by atoms with Crippen LogP contribution in [0.3, 0.4) is 0 Å². The second-order valence-electron chi connectivity index (χ2n) is 5.61. The molecule has 0 aliphatic carbocycles. The number of carbonyl (C=O) groups is 1. The van der Waals surface area contributed by atoms with Crippen LogP contribution in [0.2, 0.25) is 0 Å². The maximum absolute atomic E-state index is 11.9. The molecule has 2 N–H and O–H groups in total. The van der Waals surface area contributed by atoms with E-state index in [4.69, 9.17) is 9.15 Å². The molecule has 0 bridgehead atoms. The van der Waals surface area contributed by atoms with E-state index in [0.29, 0.717) is 11.3 Å². The number of hydrogen-bond acceptors (Lipinski definition) is 5. The van der Waals surface area contributed by atoms with Crippen molar-refractivity contribution in [1.29, 1.82) is 0 Å². The highest BCUT2D eigenvalue weighted by Gasteiger charge is 2.07. The number of carbonyl (C=O) groups excluding carboxylic acids is 1. The topological polar surface area (TPSA) is 80.6 Å². The molecule has 0 saturated heterocycles. The lowest BCUT2D eigenvalue weighted by Gasteiger charge is -2.09. The average Bonchev–Trinajstić information content (AvgIpc) is 2.60. The molecule has 0 aliphatic rings. The highest BCUT2D eigenvalue weighted by molar-refractivity contribution is 5.89. The number of hydrogen-bond donors (Lipinski definition) is 2. The summed E-state index contributed by atoms with van der Waals surface area (Å²) < 4.78 is 10.4. The molecule has 0 unspecified atom stereocenters. The fraction of sp³-hybridized carbons (Fsp3) is 0.158. The number of ether oxygens (including phenoxy) is 1. The van der Waals surface area contributed by atoms with Crippen LogP contribution in [0.5, 0.6) is 0 Å². The molecule has 6 nitrogen and oxygen atoms in total. The minimum Gasteiger partial charge on any atom is -0.444 e. The van der Waals surface area contributed by atoms with Crippen molar-refractivity contribution in [3.8, 4) is 0 Å². The third-order valence-electron chi connectivity index (χ3n) is 3.81. The average molecular weight is 338 g/mol. The highest BCUT2D eigenvalue weighted by Crippen LogP contribution is 2.21. The Morgan fingerprint density at radius 3 is 2.52 bits per heavy atom. The summed E-state index contributed by atoms with van der Waals surface area (Å²) in [5.74, 6) is 0. The lowest BCUT2D eigenvalue weighted by molar-refractivity contribution is 0.155. The van der Waals surface area contributed by atoms with Gasteiger partial charge in [-0.2, -0.15) is 0 Å². The summed E-state index contributed by atoms with van der Waals surface area (Å²) in [6.07, 6.45) is -0.577. The summed E-state index contributed by atoms with van der Waals surface area (Å²) in [5, 5.41) is 6.48. The van der Waals surface area contributed by atoms with E-state index < -0.39 is 11.7 Å². The van der Waals surface area contributed by atoms with Crippen molar-refractivity contribution in [3.63, 3.8) is 0 Å². The monoisotopic (exact) mass is 338 g/mol. The zero-order valence-corrected chi connectivity index (χ0v) is 14.0.